The van der Waals surface area contributed by atoms with Gasteiger partial charge in [-0.05, 0) is 18.2 Å². The van der Waals surface area contributed by atoms with E-state index in [1.165, 1.54) is 17.9 Å². The van der Waals surface area contributed by atoms with Crippen molar-refractivity contribution in [3.8, 4) is 0 Å². The maximum atomic E-state index is 11.7. The van der Waals surface area contributed by atoms with Gasteiger partial charge in [-0.15, -0.1) is 0 Å². The Labute approximate surface area is 110 Å². The quantitative estimate of drug-likeness (QED) is 0.840. The van der Waals surface area contributed by atoms with Gasteiger partial charge < -0.3 is 10.1 Å². The normalized spacial score (nSPS) is 9.95. The number of rotatable bonds is 4. The van der Waals surface area contributed by atoms with Crippen LogP contribution in [-0.4, -0.2) is 28.8 Å². The van der Waals surface area contributed by atoms with Crippen LogP contribution in [-0.2, 0) is 16.1 Å². The van der Waals surface area contributed by atoms with E-state index < -0.39 is 5.97 Å². The topological polar surface area (TPSA) is 73.2 Å². The summed E-state index contributed by atoms with van der Waals surface area (Å²) in [5, 5.41) is 6.67. The van der Waals surface area contributed by atoms with Gasteiger partial charge in [-0.25, -0.2) is 4.79 Å². The SMILES string of the molecule is COC(=O)c1ccn(CC(=O)Nc2ccccc2)n1. The van der Waals surface area contributed by atoms with Crippen LogP contribution in [0.5, 0.6) is 0 Å². The number of nitrogens with zero attached hydrogens (tertiary/aromatic N) is 2. The van der Waals surface area contributed by atoms with Gasteiger partial charge in [0.2, 0.25) is 5.91 Å². The molecule has 1 N–H and O–H groups in total. The highest BCUT2D eigenvalue weighted by molar-refractivity contribution is 5.90. The van der Waals surface area contributed by atoms with Crippen molar-refractivity contribution in [1.29, 1.82) is 0 Å². The number of benzene rings is 1. The van der Waals surface area contributed by atoms with E-state index in [-0.39, 0.29) is 18.1 Å². The number of para-hydroxylation sites is 1. The van der Waals surface area contributed by atoms with Crippen LogP contribution < -0.4 is 5.32 Å². The Hall–Kier alpha value is -2.63. The molecule has 0 bridgehead atoms. The zero-order chi connectivity index (χ0) is 13.7. The molecule has 0 aliphatic carbocycles. The van der Waals surface area contributed by atoms with E-state index in [0.717, 1.165) is 0 Å². The minimum atomic E-state index is -0.526. The summed E-state index contributed by atoms with van der Waals surface area (Å²) in [7, 11) is 1.28. The molecule has 98 valence electrons. The number of methoxy groups -OCH3 is 1. The summed E-state index contributed by atoms with van der Waals surface area (Å²) >= 11 is 0. The summed E-state index contributed by atoms with van der Waals surface area (Å²) in [6.45, 7) is 0.0336. The number of aromatic nitrogens is 2. The number of carbonyl (C=O) groups excluding carboxylic acids is 2. The van der Waals surface area contributed by atoms with E-state index in [0.29, 0.717) is 5.69 Å². The Morgan fingerprint density at radius 2 is 2.00 bits per heavy atom. The number of esters is 1. The van der Waals surface area contributed by atoms with E-state index in [9.17, 15) is 9.59 Å². The summed E-state index contributed by atoms with van der Waals surface area (Å²) in [5.74, 6) is -0.743. The van der Waals surface area contributed by atoms with Crippen LogP contribution in [0.3, 0.4) is 0 Å². The first kappa shape index (κ1) is 12.8. The van der Waals surface area contributed by atoms with Crippen molar-refractivity contribution >= 4 is 17.6 Å². The molecule has 0 aliphatic rings. The predicted molar refractivity (Wildman–Crippen MR) is 68.6 cm³/mol. The molecule has 0 saturated heterocycles. The highest BCUT2D eigenvalue weighted by Gasteiger charge is 2.10. The van der Waals surface area contributed by atoms with Crippen molar-refractivity contribution in [2.45, 2.75) is 6.54 Å². The van der Waals surface area contributed by atoms with Crippen LogP contribution in [0.25, 0.3) is 0 Å². The summed E-state index contributed by atoms with van der Waals surface area (Å²) in [5.41, 5.74) is 0.892. The van der Waals surface area contributed by atoms with Gasteiger partial charge in [-0.2, -0.15) is 5.10 Å². The number of ether oxygens (including phenoxy) is 1. The average molecular weight is 259 g/mol. The van der Waals surface area contributed by atoms with Crippen LogP contribution in [0.2, 0.25) is 0 Å². The van der Waals surface area contributed by atoms with Crippen molar-refractivity contribution in [1.82, 2.24) is 9.78 Å². The maximum Gasteiger partial charge on any atom is 0.358 e. The average Bonchev–Trinajstić information content (AvgIpc) is 2.87. The third-order valence-corrected chi connectivity index (χ3v) is 2.40. The van der Waals surface area contributed by atoms with Gasteiger partial charge in [0.1, 0.15) is 6.54 Å². The molecule has 0 unspecified atom stereocenters. The Balaban J connectivity index is 1.96. The Bertz CT molecular complexity index is 578. The van der Waals surface area contributed by atoms with Crippen LogP contribution in [0.4, 0.5) is 5.69 Å². The monoisotopic (exact) mass is 259 g/mol. The van der Waals surface area contributed by atoms with Gasteiger partial charge in [0.05, 0.1) is 7.11 Å². The van der Waals surface area contributed by atoms with E-state index in [2.05, 4.69) is 15.2 Å². The lowest BCUT2D eigenvalue weighted by Gasteiger charge is -2.04. The number of nitrogens with one attached hydrogen (secondary N) is 1. The largest absolute Gasteiger partial charge is 0.464 e. The second kappa shape index (κ2) is 5.81. The molecule has 6 heteroatoms. The lowest BCUT2D eigenvalue weighted by Crippen LogP contribution is -2.19. The molecule has 19 heavy (non-hydrogen) atoms. The molecule has 0 spiro atoms. The van der Waals surface area contributed by atoms with Crippen molar-refractivity contribution in [2.24, 2.45) is 0 Å². The van der Waals surface area contributed by atoms with E-state index in [4.69, 9.17) is 0 Å². The Morgan fingerprint density at radius 3 is 2.68 bits per heavy atom. The van der Waals surface area contributed by atoms with Gasteiger partial charge in [-0.3, -0.25) is 9.48 Å². The molecule has 0 fully saturated rings. The number of hydrogen-bond acceptors (Lipinski definition) is 4. The molecule has 6 nitrogen and oxygen atoms in total. The Morgan fingerprint density at radius 1 is 1.26 bits per heavy atom. The molecular weight excluding hydrogens is 246 g/mol. The highest BCUT2D eigenvalue weighted by atomic mass is 16.5. The van der Waals surface area contributed by atoms with Crippen LogP contribution in [0.15, 0.2) is 42.6 Å². The van der Waals surface area contributed by atoms with Gasteiger partial charge in [0.15, 0.2) is 5.69 Å². The van der Waals surface area contributed by atoms with Crippen LogP contribution >= 0.6 is 0 Å². The highest BCUT2D eigenvalue weighted by Crippen LogP contribution is 2.05. The molecule has 1 amide bonds. The van der Waals surface area contributed by atoms with Crippen LogP contribution in [0, 0.1) is 0 Å². The lowest BCUT2D eigenvalue weighted by molar-refractivity contribution is -0.116. The fourth-order valence-electron chi connectivity index (χ4n) is 1.53. The van der Waals surface area contributed by atoms with E-state index in [1.54, 1.807) is 18.3 Å². The van der Waals surface area contributed by atoms with Crippen molar-refractivity contribution in [2.75, 3.05) is 12.4 Å². The smallest absolute Gasteiger partial charge is 0.358 e. The van der Waals surface area contributed by atoms with Crippen molar-refractivity contribution < 1.29 is 14.3 Å². The zero-order valence-electron chi connectivity index (χ0n) is 10.4. The Kier molecular flexibility index (Phi) is 3.92. The molecule has 2 aromatic rings. The maximum absolute atomic E-state index is 11.7. The fraction of sp³-hybridized carbons (Fsp3) is 0.154. The van der Waals surface area contributed by atoms with E-state index in [1.807, 2.05) is 18.2 Å². The van der Waals surface area contributed by atoms with Crippen LogP contribution in [0.1, 0.15) is 10.5 Å². The molecule has 0 radical (unpaired) electrons. The summed E-state index contributed by atoms with van der Waals surface area (Å²) in [6, 6.07) is 10.6. The minimum absolute atomic E-state index is 0.0336. The summed E-state index contributed by atoms with van der Waals surface area (Å²) in [6.07, 6.45) is 1.55. The third kappa shape index (κ3) is 3.41. The van der Waals surface area contributed by atoms with E-state index >= 15 is 0 Å². The first-order chi connectivity index (χ1) is 9.19. The number of anilines is 1. The molecular formula is C13H13N3O3. The van der Waals surface area contributed by atoms with Crippen molar-refractivity contribution in [3.63, 3.8) is 0 Å². The first-order valence-electron chi connectivity index (χ1n) is 5.65. The van der Waals surface area contributed by atoms with Gasteiger partial charge in [0.25, 0.3) is 0 Å². The first-order valence-corrected chi connectivity index (χ1v) is 5.65. The molecule has 0 atom stereocenters. The molecule has 1 aromatic carbocycles. The number of carbonyl (C=O) groups is 2. The molecule has 2 rings (SSSR count). The molecule has 1 heterocycles. The second-order valence-electron chi connectivity index (χ2n) is 3.80. The second-order valence-corrected chi connectivity index (χ2v) is 3.80. The molecule has 0 aliphatic heterocycles. The third-order valence-electron chi connectivity index (χ3n) is 2.40. The number of hydrogen-bond donors (Lipinski definition) is 1. The molecule has 0 saturated carbocycles. The van der Waals surface area contributed by atoms with Crippen molar-refractivity contribution in [3.05, 3.63) is 48.3 Å². The van der Waals surface area contributed by atoms with Gasteiger partial charge >= 0.3 is 5.97 Å². The lowest BCUT2D eigenvalue weighted by atomic mass is 10.3. The van der Waals surface area contributed by atoms with Gasteiger partial charge in [0, 0.05) is 11.9 Å². The predicted octanol–water partition coefficient (Wildman–Crippen LogP) is 1.31. The summed E-state index contributed by atoms with van der Waals surface area (Å²) in [4.78, 5) is 22.9. The molecule has 1 aromatic heterocycles. The van der Waals surface area contributed by atoms with Gasteiger partial charge in [-0.1, -0.05) is 18.2 Å². The standard InChI is InChI=1S/C13H13N3O3/c1-19-13(18)11-7-8-16(15-11)9-12(17)14-10-5-3-2-4-6-10/h2-8H,9H2,1H3,(H,14,17). The zero-order valence-corrected chi connectivity index (χ0v) is 10.4. The minimum Gasteiger partial charge on any atom is -0.464 e. The fourth-order valence-corrected chi connectivity index (χ4v) is 1.53. The number of amides is 1. The summed E-state index contributed by atoms with van der Waals surface area (Å²) < 4.78 is 5.91.